The Balaban J connectivity index is 2.36. The number of carbonyl (C=O) groups excluding carboxylic acids is 1. The van der Waals surface area contributed by atoms with E-state index in [1.807, 2.05) is 0 Å². The zero-order chi connectivity index (χ0) is 20.6. The van der Waals surface area contributed by atoms with Crippen LogP contribution in [0, 0.1) is 0 Å². The zero-order valence-corrected chi connectivity index (χ0v) is 16.8. The molecule has 154 valence electrons. The van der Waals surface area contributed by atoms with Gasteiger partial charge in [-0.15, -0.1) is 0 Å². The van der Waals surface area contributed by atoms with Gasteiger partial charge in [-0.25, -0.2) is 22.6 Å². The molecule has 1 aliphatic rings. The lowest BCUT2D eigenvalue weighted by Gasteiger charge is -2.38. The third-order valence-electron chi connectivity index (χ3n) is 3.83. The summed E-state index contributed by atoms with van der Waals surface area (Å²) >= 11 is 0. The normalized spacial score (nSPS) is 22.9. The number of piperidine rings is 1. The van der Waals surface area contributed by atoms with Crippen LogP contribution < -0.4 is 13.9 Å². The van der Waals surface area contributed by atoms with Gasteiger partial charge in [0.2, 0.25) is 0 Å². The van der Waals surface area contributed by atoms with Crippen molar-refractivity contribution in [2.45, 2.75) is 44.8 Å². The summed E-state index contributed by atoms with van der Waals surface area (Å²) in [6, 6.07) is -1.06. The summed E-state index contributed by atoms with van der Waals surface area (Å²) in [6.07, 6.45) is 0.793. The van der Waals surface area contributed by atoms with E-state index in [2.05, 4.69) is 5.10 Å². The summed E-state index contributed by atoms with van der Waals surface area (Å²) < 4.78 is 62.9. The van der Waals surface area contributed by atoms with Crippen molar-refractivity contribution in [3.63, 3.8) is 0 Å². The molecule has 12 heteroatoms. The Labute approximate surface area is 157 Å². The van der Waals surface area contributed by atoms with Crippen molar-refractivity contribution in [1.29, 1.82) is 0 Å². The highest BCUT2D eigenvalue weighted by molar-refractivity contribution is 7.91. The molecule has 1 aromatic rings. The predicted octanol–water partition coefficient (Wildman–Crippen LogP) is -0.0817. The number of nitrogens with zero attached hydrogens (tertiary/aromatic N) is 3. The standard InChI is InChI=1S/C15H25F2N5O4S/c1-14(2,3)26-13(23)19-27(24,25)22(12-7-18-21(5)9-12)11-6-15(16,17)10-20(4)8-11/h7,9,11H,6,8,10H2,1-5H3,(H,19,23)/p+1. The molecule has 2 rings (SSSR count). The van der Waals surface area contributed by atoms with Crippen LogP contribution in [0.3, 0.4) is 0 Å². The van der Waals surface area contributed by atoms with Crippen LogP contribution >= 0.6 is 0 Å². The second kappa shape index (κ2) is 7.23. The molecule has 1 fully saturated rings. The molecule has 2 N–H and O–H groups in total. The first-order valence-corrected chi connectivity index (χ1v) is 9.85. The summed E-state index contributed by atoms with van der Waals surface area (Å²) in [6.45, 7) is 4.51. The molecule has 2 atom stereocenters. The van der Waals surface area contributed by atoms with Gasteiger partial charge in [0.25, 0.3) is 5.92 Å². The maximum absolute atomic E-state index is 14.1. The first-order valence-electron chi connectivity index (χ1n) is 8.41. The lowest BCUT2D eigenvalue weighted by atomic mass is 10.0. The van der Waals surface area contributed by atoms with Gasteiger partial charge in [-0.1, -0.05) is 0 Å². The van der Waals surface area contributed by atoms with Gasteiger partial charge in [0.1, 0.15) is 18.2 Å². The van der Waals surface area contributed by atoms with Crippen molar-refractivity contribution in [2.24, 2.45) is 7.05 Å². The van der Waals surface area contributed by atoms with E-state index in [0.717, 1.165) is 4.31 Å². The zero-order valence-electron chi connectivity index (χ0n) is 16.0. The molecule has 1 amide bonds. The number of halogens is 2. The van der Waals surface area contributed by atoms with E-state index in [1.54, 1.807) is 39.6 Å². The predicted molar refractivity (Wildman–Crippen MR) is 93.9 cm³/mol. The number of ether oxygens (including phenoxy) is 1. The monoisotopic (exact) mass is 410 g/mol. The van der Waals surface area contributed by atoms with Crippen LogP contribution in [0.25, 0.3) is 0 Å². The third-order valence-corrected chi connectivity index (χ3v) is 5.28. The quantitative estimate of drug-likeness (QED) is 0.724. The molecule has 0 aromatic carbocycles. The minimum absolute atomic E-state index is 0.0871. The van der Waals surface area contributed by atoms with Crippen molar-refractivity contribution < 1.29 is 31.6 Å². The highest BCUT2D eigenvalue weighted by Crippen LogP contribution is 2.28. The Morgan fingerprint density at radius 1 is 1.48 bits per heavy atom. The van der Waals surface area contributed by atoms with E-state index < -0.39 is 40.3 Å². The minimum Gasteiger partial charge on any atom is -0.443 e. The average Bonchev–Trinajstić information content (AvgIpc) is 2.78. The number of quaternary nitrogens is 1. The number of aromatic nitrogens is 2. The van der Waals surface area contributed by atoms with Gasteiger partial charge in [0, 0.05) is 19.7 Å². The summed E-state index contributed by atoms with van der Waals surface area (Å²) in [7, 11) is -1.36. The number of hydrogen-bond donors (Lipinski definition) is 2. The maximum Gasteiger partial charge on any atom is 0.422 e. The number of likely N-dealkylation sites (N-methyl/N-ethyl adjacent to an activating group) is 1. The van der Waals surface area contributed by atoms with Gasteiger partial charge >= 0.3 is 16.3 Å². The Kier molecular flexibility index (Phi) is 5.71. The van der Waals surface area contributed by atoms with Crippen molar-refractivity contribution in [3.05, 3.63) is 12.4 Å². The SMILES string of the molecule is Cn1cc(N(C2C[NH+](C)CC(F)(F)C2)S(=O)(=O)NC(=O)OC(C)(C)C)cn1. The summed E-state index contributed by atoms with van der Waals surface area (Å²) in [5.41, 5.74) is -0.829. The number of aryl methyl sites for hydroxylation is 1. The van der Waals surface area contributed by atoms with Crippen molar-refractivity contribution >= 4 is 22.0 Å². The molecule has 27 heavy (non-hydrogen) atoms. The van der Waals surface area contributed by atoms with Crippen molar-refractivity contribution in [3.8, 4) is 0 Å². The minimum atomic E-state index is -4.50. The Bertz CT molecular complexity index is 790. The van der Waals surface area contributed by atoms with Crippen LogP contribution in [0.2, 0.25) is 0 Å². The van der Waals surface area contributed by atoms with Crippen LogP contribution in [-0.2, 0) is 22.0 Å². The van der Waals surface area contributed by atoms with Crippen LogP contribution in [0.5, 0.6) is 0 Å². The number of rotatable bonds is 4. The molecule has 0 saturated carbocycles. The summed E-state index contributed by atoms with van der Waals surface area (Å²) in [5.74, 6) is -3.03. The van der Waals surface area contributed by atoms with E-state index in [9.17, 15) is 22.0 Å². The van der Waals surface area contributed by atoms with Crippen LogP contribution in [-0.4, -0.2) is 62.0 Å². The van der Waals surface area contributed by atoms with Crippen LogP contribution in [0.15, 0.2) is 12.4 Å². The van der Waals surface area contributed by atoms with Gasteiger partial charge in [-0.2, -0.15) is 13.5 Å². The van der Waals surface area contributed by atoms with E-state index in [1.165, 1.54) is 17.1 Å². The fourth-order valence-corrected chi connectivity index (χ4v) is 4.36. The number of amides is 1. The Morgan fingerprint density at radius 2 is 2.11 bits per heavy atom. The fraction of sp³-hybridized carbons (Fsp3) is 0.733. The molecule has 0 radical (unpaired) electrons. The van der Waals surface area contributed by atoms with E-state index >= 15 is 0 Å². The highest BCUT2D eigenvalue weighted by atomic mass is 32.2. The van der Waals surface area contributed by atoms with Gasteiger partial charge < -0.3 is 9.64 Å². The third kappa shape index (κ3) is 5.76. The van der Waals surface area contributed by atoms with Crippen LogP contribution in [0.4, 0.5) is 19.3 Å². The molecule has 0 aliphatic carbocycles. The van der Waals surface area contributed by atoms with E-state index in [4.69, 9.17) is 4.74 Å². The maximum atomic E-state index is 14.1. The Morgan fingerprint density at radius 3 is 2.59 bits per heavy atom. The molecule has 1 saturated heterocycles. The molecule has 2 heterocycles. The lowest BCUT2D eigenvalue weighted by molar-refractivity contribution is -0.894. The highest BCUT2D eigenvalue weighted by Gasteiger charge is 2.47. The van der Waals surface area contributed by atoms with Gasteiger partial charge in [-0.3, -0.25) is 4.68 Å². The smallest absolute Gasteiger partial charge is 0.422 e. The number of carbonyl (C=O) groups is 1. The topological polar surface area (TPSA) is 98.0 Å². The molecule has 1 aromatic heterocycles. The van der Waals surface area contributed by atoms with Crippen molar-refractivity contribution in [1.82, 2.24) is 14.5 Å². The molecule has 0 spiro atoms. The number of nitrogens with one attached hydrogen (secondary N) is 2. The number of hydrogen-bond acceptors (Lipinski definition) is 5. The number of alkyl halides is 2. The molecule has 1 aliphatic heterocycles. The average molecular weight is 410 g/mol. The largest absolute Gasteiger partial charge is 0.443 e. The number of likely N-dealkylation sites (tertiary alicyclic amines) is 1. The van der Waals surface area contributed by atoms with Gasteiger partial charge in [0.15, 0.2) is 0 Å². The second-order valence-corrected chi connectivity index (χ2v) is 9.38. The first kappa shape index (κ1) is 21.4. The van der Waals surface area contributed by atoms with E-state index in [-0.39, 0.29) is 18.8 Å². The fourth-order valence-electron chi connectivity index (χ4n) is 3.09. The molecule has 0 bridgehead atoms. The number of anilines is 1. The molecular weight excluding hydrogens is 384 g/mol. The molecule has 2 unspecified atom stereocenters. The van der Waals surface area contributed by atoms with Crippen molar-refractivity contribution in [2.75, 3.05) is 24.4 Å². The summed E-state index contributed by atoms with van der Waals surface area (Å²) in [4.78, 5) is 12.5. The van der Waals surface area contributed by atoms with Crippen LogP contribution in [0.1, 0.15) is 27.2 Å². The second-order valence-electron chi connectivity index (χ2n) is 7.83. The molecular formula is C15H26F2N5O4S+. The first-order chi connectivity index (χ1) is 12.2. The Hall–Kier alpha value is -1.95. The van der Waals surface area contributed by atoms with Gasteiger partial charge in [-0.05, 0) is 20.8 Å². The lowest BCUT2D eigenvalue weighted by Crippen LogP contribution is -3.13. The summed E-state index contributed by atoms with van der Waals surface area (Å²) in [5, 5.41) is 3.91. The van der Waals surface area contributed by atoms with Gasteiger partial charge in [0.05, 0.1) is 25.5 Å². The van der Waals surface area contributed by atoms with E-state index in [0.29, 0.717) is 4.90 Å². The molecule has 9 nitrogen and oxygen atoms in total.